The molecule has 0 aromatic carbocycles. The molecular weight excluding hydrogens is 536 g/mol. The van der Waals surface area contributed by atoms with Crippen LogP contribution in [0.4, 0.5) is 17.6 Å². The Kier molecular flexibility index (Phi) is 8.13. The molecule has 0 amide bonds. The van der Waals surface area contributed by atoms with Crippen LogP contribution < -0.4 is 19.7 Å². The standard InChI is InChI=1S/C30H36N8O4/c1-19-4-9-27(32-16-19)34-21-5-7-22(8-6-21)42-29-24-14-23(41-20(2)26-18-33-30(36-39)37(26)3)17-31-25(24)15-28(35-29)38-10-12-40-13-11-38/h4,9,14-18,20-22H,5-8,10-13H2,1-3H3,(H,32,34). The first-order chi connectivity index (χ1) is 20.5. The van der Waals surface area contributed by atoms with Crippen molar-refractivity contribution in [2.45, 2.75) is 57.8 Å². The molecule has 6 rings (SSSR count). The molecule has 0 bridgehead atoms. The molecule has 12 heteroatoms. The number of rotatable bonds is 9. The third kappa shape index (κ3) is 6.13. The van der Waals surface area contributed by atoms with E-state index >= 15 is 0 Å². The second-order valence-electron chi connectivity index (χ2n) is 11.0. The summed E-state index contributed by atoms with van der Waals surface area (Å²) in [5.41, 5.74) is 2.67. The van der Waals surface area contributed by atoms with Gasteiger partial charge in [0, 0.05) is 43.6 Å². The third-order valence-electron chi connectivity index (χ3n) is 7.97. The number of anilines is 2. The van der Waals surface area contributed by atoms with Crippen LogP contribution in [-0.4, -0.2) is 63.0 Å². The van der Waals surface area contributed by atoms with E-state index in [2.05, 4.69) is 31.4 Å². The van der Waals surface area contributed by atoms with Gasteiger partial charge in [0.05, 0.1) is 42.2 Å². The van der Waals surface area contributed by atoms with E-state index in [1.807, 2.05) is 38.2 Å². The minimum atomic E-state index is -0.381. The molecule has 2 aliphatic rings. The summed E-state index contributed by atoms with van der Waals surface area (Å²) < 4.78 is 20.0. The van der Waals surface area contributed by atoms with E-state index < -0.39 is 0 Å². The first-order valence-corrected chi connectivity index (χ1v) is 14.5. The molecule has 1 saturated heterocycles. The zero-order chi connectivity index (χ0) is 29.1. The Hall–Kier alpha value is -4.32. The summed E-state index contributed by atoms with van der Waals surface area (Å²) in [4.78, 5) is 31.5. The van der Waals surface area contributed by atoms with E-state index in [1.165, 1.54) is 0 Å². The quantitative estimate of drug-likeness (QED) is 0.266. The second-order valence-corrected chi connectivity index (χ2v) is 11.0. The molecule has 1 N–H and O–H groups in total. The average Bonchev–Trinajstić information content (AvgIpc) is 3.40. The summed E-state index contributed by atoms with van der Waals surface area (Å²) >= 11 is 0. The van der Waals surface area contributed by atoms with Crippen LogP contribution in [0.5, 0.6) is 11.6 Å². The number of nitrogens with one attached hydrogen (secondary N) is 1. The molecule has 220 valence electrons. The molecule has 1 saturated carbocycles. The molecule has 42 heavy (non-hydrogen) atoms. The zero-order valence-corrected chi connectivity index (χ0v) is 24.2. The Morgan fingerprint density at radius 3 is 2.57 bits per heavy atom. The van der Waals surface area contributed by atoms with Gasteiger partial charge in [0.2, 0.25) is 5.88 Å². The van der Waals surface area contributed by atoms with Crippen molar-refractivity contribution >= 4 is 28.5 Å². The van der Waals surface area contributed by atoms with Crippen molar-refractivity contribution in [2.75, 3.05) is 36.5 Å². The monoisotopic (exact) mass is 572 g/mol. The van der Waals surface area contributed by atoms with Crippen molar-refractivity contribution in [3.8, 4) is 11.6 Å². The number of ether oxygens (including phenoxy) is 3. The Bertz CT molecular complexity index is 1530. The smallest absolute Gasteiger partial charge is 0.271 e. The summed E-state index contributed by atoms with van der Waals surface area (Å²) in [7, 11) is 1.74. The van der Waals surface area contributed by atoms with E-state index in [0.717, 1.165) is 72.6 Å². The predicted octanol–water partition coefficient (Wildman–Crippen LogP) is 5.24. The lowest BCUT2D eigenvalue weighted by molar-refractivity contribution is 0.122. The molecule has 0 spiro atoms. The highest BCUT2D eigenvalue weighted by molar-refractivity contribution is 5.87. The van der Waals surface area contributed by atoms with Crippen molar-refractivity contribution in [3.63, 3.8) is 0 Å². The first-order valence-electron chi connectivity index (χ1n) is 14.5. The van der Waals surface area contributed by atoms with E-state index in [1.54, 1.807) is 24.0 Å². The fourth-order valence-electron chi connectivity index (χ4n) is 5.55. The van der Waals surface area contributed by atoms with Gasteiger partial charge < -0.3 is 29.0 Å². The van der Waals surface area contributed by atoms with Crippen molar-refractivity contribution in [1.29, 1.82) is 0 Å². The van der Waals surface area contributed by atoms with Gasteiger partial charge in [-0.2, -0.15) is 4.98 Å². The minimum Gasteiger partial charge on any atom is -0.483 e. The van der Waals surface area contributed by atoms with Crippen LogP contribution in [0.2, 0.25) is 0 Å². The molecule has 1 unspecified atom stereocenters. The first kappa shape index (κ1) is 27.8. The van der Waals surface area contributed by atoms with Crippen molar-refractivity contribution < 1.29 is 14.2 Å². The molecular formula is C30H36N8O4. The fourth-order valence-corrected chi connectivity index (χ4v) is 5.55. The molecule has 1 aliphatic heterocycles. The summed E-state index contributed by atoms with van der Waals surface area (Å²) in [5.74, 6) is 2.98. The van der Waals surface area contributed by atoms with Crippen molar-refractivity contribution in [1.82, 2.24) is 24.5 Å². The topological polar surface area (TPSA) is 129 Å². The average molecular weight is 573 g/mol. The highest BCUT2D eigenvalue weighted by atomic mass is 16.5. The maximum Gasteiger partial charge on any atom is 0.271 e. The summed E-state index contributed by atoms with van der Waals surface area (Å²) in [6, 6.07) is 8.39. The largest absolute Gasteiger partial charge is 0.483 e. The Morgan fingerprint density at radius 2 is 1.86 bits per heavy atom. The lowest BCUT2D eigenvalue weighted by atomic mass is 9.93. The van der Waals surface area contributed by atoms with E-state index in [9.17, 15) is 4.91 Å². The van der Waals surface area contributed by atoms with Crippen LogP contribution in [0.3, 0.4) is 0 Å². The van der Waals surface area contributed by atoms with Crippen molar-refractivity contribution in [3.05, 3.63) is 59.0 Å². The number of hydrogen-bond acceptors (Lipinski definition) is 11. The molecule has 4 aromatic rings. The van der Waals surface area contributed by atoms with Crippen LogP contribution in [0.1, 0.15) is 50.0 Å². The number of fused-ring (bicyclic) bond motifs is 1. The molecule has 1 atom stereocenters. The van der Waals surface area contributed by atoms with Gasteiger partial charge in [-0.05, 0) is 57.2 Å². The zero-order valence-electron chi connectivity index (χ0n) is 24.2. The van der Waals surface area contributed by atoms with Gasteiger partial charge >= 0.3 is 0 Å². The lowest BCUT2D eigenvalue weighted by Crippen LogP contribution is -2.37. The predicted molar refractivity (Wildman–Crippen MR) is 160 cm³/mol. The minimum absolute atomic E-state index is 0.0388. The van der Waals surface area contributed by atoms with E-state index in [4.69, 9.17) is 24.2 Å². The van der Waals surface area contributed by atoms with Crippen LogP contribution in [0.15, 0.2) is 48.0 Å². The second kappa shape index (κ2) is 12.3. The maximum atomic E-state index is 11.0. The molecule has 0 radical (unpaired) electrons. The SMILES string of the molecule is Cc1ccc(NC2CCC(Oc3nc(N4CCOCC4)cc4ncc(OC(C)c5cnc(N=O)n5C)cc34)CC2)nc1. The number of nitrogens with zero attached hydrogens (tertiary/aromatic N) is 7. The Morgan fingerprint density at radius 1 is 1.05 bits per heavy atom. The molecule has 2 fully saturated rings. The lowest BCUT2D eigenvalue weighted by Gasteiger charge is -2.31. The van der Waals surface area contributed by atoms with Gasteiger partial charge in [-0.3, -0.25) is 4.98 Å². The molecule has 4 aromatic heterocycles. The number of aromatic nitrogens is 5. The van der Waals surface area contributed by atoms with Crippen molar-refractivity contribution in [2.24, 2.45) is 12.2 Å². The summed E-state index contributed by atoms with van der Waals surface area (Å²) in [5, 5.41) is 7.31. The molecule has 12 nitrogen and oxygen atoms in total. The van der Waals surface area contributed by atoms with Gasteiger partial charge in [-0.1, -0.05) is 6.07 Å². The van der Waals surface area contributed by atoms with Gasteiger partial charge in [-0.15, -0.1) is 4.91 Å². The van der Waals surface area contributed by atoms with Gasteiger partial charge in [0.15, 0.2) is 0 Å². The van der Waals surface area contributed by atoms with Crippen LogP contribution in [-0.2, 0) is 11.8 Å². The number of nitroso groups, excluding NO2 is 1. The Balaban J connectivity index is 1.22. The number of hydrogen-bond donors (Lipinski definition) is 1. The van der Waals surface area contributed by atoms with Gasteiger partial charge in [-0.25, -0.2) is 9.97 Å². The van der Waals surface area contributed by atoms with Gasteiger partial charge in [0.25, 0.3) is 5.95 Å². The number of pyridine rings is 3. The van der Waals surface area contributed by atoms with Crippen LogP contribution in [0, 0.1) is 11.8 Å². The fraction of sp³-hybridized carbons (Fsp3) is 0.467. The summed E-state index contributed by atoms with van der Waals surface area (Å²) in [6.07, 6.45) is 8.62. The normalized spacial score (nSPS) is 19.8. The number of aryl methyl sites for hydroxylation is 1. The Labute approximate surface area is 244 Å². The molecule has 5 heterocycles. The highest BCUT2D eigenvalue weighted by Gasteiger charge is 2.25. The maximum absolute atomic E-state index is 11.0. The highest BCUT2D eigenvalue weighted by Crippen LogP contribution is 2.34. The third-order valence-corrected chi connectivity index (χ3v) is 7.97. The molecule has 1 aliphatic carbocycles. The van der Waals surface area contributed by atoms with Crippen LogP contribution >= 0.6 is 0 Å². The summed E-state index contributed by atoms with van der Waals surface area (Å²) in [6.45, 7) is 6.79. The number of imidazole rings is 1. The van der Waals surface area contributed by atoms with E-state index in [-0.39, 0.29) is 18.2 Å². The van der Waals surface area contributed by atoms with Crippen LogP contribution in [0.25, 0.3) is 10.9 Å². The van der Waals surface area contributed by atoms with Gasteiger partial charge in [0.1, 0.15) is 29.6 Å². The van der Waals surface area contributed by atoms with E-state index in [0.29, 0.717) is 30.9 Å². The number of morpholine rings is 1.